The van der Waals surface area contributed by atoms with Crippen molar-refractivity contribution in [2.45, 2.75) is 58.2 Å². The highest BCUT2D eigenvalue weighted by Crippen LogP contribution is 2.30. The van der Waals surface area contributed by atoms with Gasteiger partial charge in [0, 0.05) is 30.2 Å². The van der Waals surface area contributed by atoms with Gasteiger partial charge in [-0.15, -0.1) is 0 Å². The van der Waals surface area contributed by atoms with E-state index >= 15 is 0 Å². The SMILES string of the molecule is CC(C)N(CC1CCCCN1)C(C)c1cc(F)ccc1O. The summed E-state index contributed by atoms with van der Waals surface area (Å²) in [5, 5.41) is 13.6. The number of piperidine rings is 1. The Morgan fingerprint density at radius 2 is 2.10 bits per heavy atom. The minimum absolute atomic E-state index is 0.00979. The van der Waals surface area contributed by atoms with Crippen molar-refractivity contribution in [2.24, 2.45) is 0 Å². The van der Waals surface area contributed by atoms with Crippen molar-refractivity contribution in [1.29, 1.82) is 0 Å². The Morgan fingerprint density at radius 3 is 2.71 bits per heavy atom. The van der Waals surface area contributed by atoms with Crippen LogP contribution in [0.15, 0.2) is 18.2 Å². The molecular weight excluding hydrogens is 267 g/mol. The average molecular weight is 294 g/mol. The Kier molecular flexibility index (Phi) is 5.59. The molecule has 0 aromatic heterocycles. The van der Waals surface area contributed by atoms with Crippen LogP contribution in [0.1, 0.15) is 51.6 Å². The highest BCUT2D eigenvalue weighted by Gasteiger charge is 2.25. The first kappa shape index (κ1) is 16.2. The molecule has 118 valence electrons. The zero-order valence-corrected chi connectivity index (χ0v) is 13.3. The van der Waals surface area contributed by atoms with Gasteiger partial charge in [-0.2, -0.15) is 0 Å². The van der Waals surface area contributed by atoms with Gasteiger partial charge >= 0.3 is 0 Å². The van der Waals surface area contributed by atoms with E-state index < -0.39 is 0 Å². The van der Waals surface area contributed by atoms with E-state index in [1.165, 1.54) is 37.5 Å². The summed E-state index contributed by atoms with van der Waals surface area (Å²) in [6.07, 6.45) is 3.70. The van der Waals surface area contributed by atoms with Gasteiger partial charge in [0.25, 0.3) is 0 Å². The fourth-order valence-electron chi connectivity index (χ4n) is 3.19. The average Bonchev–Trinajstić information content (AvgIpc) is 2.47. The summed E-state index contributed by atoms with van der Waals surface area (Å²) < 4.78 is 13.5. The minimum Gasteiger partial charge on any atom is -0.508 e. The standard InChI is InChI=1S/C17H27FN2O/c1-12(2)20(11-15-6-4-5-9-19-15)13(3)16-10-14(18)7-8-17(16)21/h7-8,10,12-13,15,19,21H,4-6,9,11H2,1-3H3. The van der Waals surface area contributed by atoms with Gasteiger partial charge < -0.3 is 10.4 Å². The predicted octanol–water partition coefficient (Wildman–Crippen LogP) is 3.44. The Morgan fingerprint density at radius 1 is 1.33 bits per heavy atom. The van der Waals surface area contributed by atoms with E-state index in [0.29, 0.717) is 17.6 Å². The molecule has 3 nitrogen and oxygen atoms in total. The molecule has 0 radical (unpaired) electrons. The first-order chi connectivity index (χ1) is 9.99. The van der Waals surface area contributed by atoms with E-state index in [1.54, 1.807) is 0 Å². The molecule has 4 heteroatoms. The van der Waals surface area contributed by atoms with Crippen LogP contribution in [-0.4, -0.2) is 35.2 Å². The van der Waals surface area contributed by atoms with Crippen LogP contribution in [0.5, 0.6) is 5.75 Å². The summed E-state index contributed by atoms with van der Waals surface area (Å²) in [6.45, 7) is 8.34. The van der Waals surface area contributed by atoms with Crippen molar-refractivity contribution in [1.82, 2.24) is 10.2 Å². The zero-order chi connectivity index (χ0) is 15.4. The molecular formula is C17H27FN2O. The quantitative estimate of drug-likeness (QED) is 0.873. The van der Waals surface area contributed by atoms with Crippen LogP contribution in [0.4, 0.5) is 4.39 Å². The highest BCUT2D eigenvalue weighted by molar-refractivity contribution is 5.35. The smallest absolute Gasteiger partial charge is 0.123 e. The molecule has 0 saturated carbocycles. The van der Waals surface area contributed by atoms with Crippen molar-refractivity contribution in [2.75, 3.05) is 13.1 Å². The summed E-state index contributed by atoms with van der Waals surface area (Å²) >= 11 is 0. The van der Waals surface area contributed by atoms with Gasteiger partial charge in [0.1, 0.15) is 11.6 Å². The number of nitrogens with zero attached hydrogens (tertiary/aromatic N) is 1. The Bertz CT molecular complexity index is 458. The third kappa shape index (κ3) is 4.17. The van der Waals surface area contributed by atoms with Crippen LogP contribution in [0.2, 0.25) is 0 Å². The number of phenols is 1. The maximum atomic E-state index is 13.5. The van der Waals surface area contributed by atoms with E-state index in [4.69, 9.17) is 0 Å². The molecule has 0 aliphatic carbocycles. The summed E-state index contributed by atoms with van der Waals surface area (Å²) in [7, 11) is 0. The van der Waals surface area contributed by atoms with Gasteiger partial charge in [-0.3, -0.25) is 4.90 Å². The number of phenolic OH excluding ortho intramolecular Hbond substituents is 1. The molecule has 2 unspecified atom stereocenters. The molecule has 1 aromatic rings. The van der Waals surface area contributed by atoms with Crippen LogP contribution in [0.3, 0.4) is 0 Å². The molecule has 21 heavy (non-hydrogen) atoms. The number of halogens is 1. The second-order valence-corrected chi connectivity index (χ2v) is 6.32. The van der Waals surface area contributed by atoms with E-state index in [2.05, 4.69) is 24.1 Å². The number of aromatic hydroxyl groups is 1. The molecule has 1 fully saturated rings. The fraction of sp³-hybridized carbons (Fsp3) is 0.647. The van der Waals surface area contributed by atoms with E-state index in [1.807, 2.05) is 6.92 Å². The van der Waals surface area contributed by atoms with Crippen LogP contribution in [-0.2, 0) is 0 Å². The lowest BCUT2D eigenvalue weighted by Crippen LogP contribution is -2.46. The molecule has 1 aliphatic rings. The fourth-order valence-corrected chi connectivity index (χ4v) is 3.19. The molecule has 1 saturated heterocycles. The summed E-state index contributed by atoms with van der Waals surface area (Å²) in [5.74, 6) is -0.125. The Balaban J connectivity index is 2.14. The molecule has 0 bridgehead atoms. The van der Waals surface area contributed by atoms with Gasteiger partial charge in [-0.25, -0.2) is 4.39 Å². The van der Waals surface area contributed by atoms with Crippen LogP contribution in [0.25, 0.3) is 0 Å². The second-order valence-electron chi connectivity index (χ2n) is 6.32. The van der Waals surface area contributed by atoms with Crippen molar-refractivity contribution in [3.63, 3.8) is 0 Å². The Labute approximate surface area is 127 Å². The van der Waals surface area contributed by atoms with Gasteiger partial charge in [-0.1, -0.05) is 6.42 Å². The molecule has 2 atom stereocenters. The molecule has 1 aromatic carbocycles. The topological polar surface area (TPSA) is 35.5 Å². The molecule has 1 aliphatic heterocycles. The summed E-state index contributed by atoms with van der Waals surface area (Å²) in [5.41, 5.74) is 0.666. The largest absolute Gasteiger partial charge is 0.508 e. The highest BCUT2D eigenvalue weighted by atomic mass is 19.1. The van der Waals surface area contributed by atoms with E-state index in [-0.39, 0.29) is 17.6 Å². The number of benzene rings is 1. The number of hydrogen-bond acceptors (Lipinski definition) is 3. The van der Waals surface area contributed by atoms with Crippen molar-refractivity contribution in [3.8, 4) is 5.75 Å². The summed E-state index contributed by atoms with van der Waals surface area (Å²) in [4.78, 5) is 2.33. The third-order valence-electron chi connectivity index (χ3n) is 4.44. The van der Waals surface area contributed by atoms with Crippen molar-refractivity contribution in [3.05, 3.63) is 29.6 Å². The first-order valence-corrected chi connectivity index (χ1v) is 7.96. The number of rotatable bonds is 5. The second kappa shape index (κ2) is 7.23. The minimum atomic E-state index is -0.297. The van der Waals surface area contributed by atoms with E-state index in [9.17, 15) is 9.50 Å². The van der Waals surface area contributed by atoms with Crippen molar-refractivity contribution < 1.29 is 9.50 Å². The number of hydrogen-bond donors (Lipinski definition) is 2. The maximum Gasteiger partial charge on any atom is 0.123 e. The molecule has 2 N–H and O–H groups in total. The molecule has 2 rings (SSSR count). The van der Waals surface area contributed by atoms with Gasteiger partial charge in [0.15, 0.2) is 0 Å². The van der Waals surface area contributed by atoms with Crippen molar-refractivity contribution >= 4 is 0 Å². The van der Waals surface area contributed by atoms with Crippen LogP contribution < -0.4 is 5.32 Å². The van der Waals surface area contributed by atoms with Gasteiger partial charge in [-0.05, 0) is 58.4 Å². The lowest BCUT2D eigenvalue weighted by atomic mass is 10.00. The normalized spacial score (nSPS) is 21.0. The zero-order valence-electron chi connectivity index (χ0n) is 13.3. The van der Waals surface area contributed by atoms with Gasteiger partial charge in [0.2, 0.25) is 0 Å². The maximum absolute atomic E-state index is 13.5. The molecule has 0 spiro atoms. The first-order valence-electron chi connectivity index (χ1n) is 7.96. The van der Waals surface area contributed by atoms with E-state index in [0.717, 1.165) is 13.1 Å². The summed E-state index contributed by atoms with van der Waals surface area (Å²) in [6, 6.07) is 5.01. The van der Waals surface area contributed by atoms with Crippen LogP contribution >= 0.6 is 0 Å². The molecule has 1 heterocycles. The van der Waals surface area contributed by atoms with Gasteiger partial charge in [0.05, 0.1) is 0 Å². The number of nitrogens with one attached hydrogen (secondary N) is 1. The third-order valence-corrected chi connectivity index (χ3v) is 4.44. The van der Waals surface area contributed by atoms with Crippen LogP contribution in [0, 0.1) is 5.82 Å². The lowest BCUT2D eigenvalue weighted by Gasteiger charge is -2.37. The lowest BCUT2D eigenvalue weighted by molar-refractivity contribution is 0.136. The predicted molar refractivity (Wildman–Crippen MR) is 84.0 cm³/mol. The Hall–Kier alpha value is -1.13. The monoisotopic (exact) mass is 294 g/mol. The molecule has 0 amide bonds.